The molecule has 0 N–H and O–H groups in total. The van der Waals surface area contributed by atoms with Gasteiger partial charge < -0.3 is 9.64 Å². The molecule has 2 aliphatic heterocycles. The van der Waals surface area contributed by atoms with Gasteiger partial charge in [-0.05, 0) is 61.9 Å². The topological polar surface area (TPSA) is 70.2 Å². The summed E-state index contributed by atoms with van der Waals surface area (Å²) >= 11 is 6.10. The highest BCUT2D eigenvalue weighted by Gasteiger charge is 2.41. The van der Waals surface area contributed by atoms with E-state index in [0.717, 1.165) is 28.6 Å². The minimum atomic E-state index is -4.79. The third kappa shape index (κ3) is 7.54. The Morgan fingerprint density at radius 1 is 0.936 bits per heavy atom. The Morgan fingerprint density at radius 3 is 2.34 bits per heavy atom. The molecule has 7 nitrogen and oxygen atoms in total. The van der Waals surface area contributed by atoms with E-state index in [0.29, 0.717) is 30.4 Å². The highest BCUT2D eigenvalue weighted by atomic mass is 35.5. The van der Waals surface area contributed by atoms with Crippen LogP contribution in [0.15, 0.2) is 65.6 Å². The molecular formula is C32H30ClF6N3O4S. The number of piperazine rings is 1. The summed E-state index contributed by atoms with van der Waals surface area (Å²) in [6, 6.07) is 11.0. The van der Waals surface area contributed by atoms with Crippen LogP contribution in [0.5, 0.6) is 0 Å². The number of hydrogen-bond donors (Lipinski definition) is 0. The van der Waals surface area contributed by atoms with Crippen molar-refractivity contribution in [2.45, 2.75) is 43.2 Å². The summed E-state index contributed by atoms with van der Waals surface area (Å²) in [4.78, 5) is 15.6. The largest absolute Gasteiger partial charge is 0.462 e. The average molecular weight is 702 g/mol. The first kappa shape index (κ1) is 34.6. The maximum Gasteiger partial charge on any atom is 0.417 e. The number of alkyl halides is 6. The number of halogens is 7. The number of carbonyl (C=O) groups excluding carboxylic acids is 1. The smallest absolute Gasteiger partial charge is 0.417 e. The molecular weight excluding hydrogens is 672 g/mol. The third-order valence-corrected chi connectivity index (χ3v) is 9.90. The summed E-state index contributed by atoms with van der Waals surface area (Å²) in [5.41, 5.74) is -1.43. The highest BCUT2D eigenvalue weighted by Crippen LogP contribution is 2.42. The summed E-state index contributed by atoms with van der Waals surface area (Å²) < 4.78 is 116. The summed E-state index contributed by atoms with van der Waals surface area (Å²) in [6.45, 7) is 4.34. The molecule has 2 aliphatic rings. The van der Waals surface area contributed by atoms with Crippen LogP contribution < -0.4 is 9.21 Å². The number of fused-ring (bicyclic) bond motifs is 3. The number of benzene rings is 3. The van der Waals surface area contributed by atoms with E-state index >= 15 is 0 Å². The van der Waals surface area contributed by atoms with Crippen molar-refractivity contribution in [1.29, 1.82) is 0 Å². The number of esters is 1. The van der Waals surface area contributed by atoms with Gasteiger partial charge in [-0.1, -0.05) is 42.0 Å². The molecule has 252 valence electrons. The molecule has 0 aliphatic carbocycles. The molecule has 0 aromatic heterocycles. The van der Waals surface area contributed by atoms with Crippen LogP contribution in [0.3, 0.4) is 0 Å². The van der Waals surface area contributed by atoms with E-state index in [1.807, 2.05) is 9.80 Å². The summed E-state index contributed by atoms with van der Waals surface area (Å²) in [7, 11) is -4.58. The Balaban J connectivity index is 1.56. The Kier molecular flexibility index (Phi) is 9.59. The molecule has 0 bridgehead atoms. The minimum absolute atomic E-state index is 0.0263. The van der Waals surface area contributed by atoms with E-state index in [1.165, 1.54) is 30.4 Å². The maximum absolute atomic E-state index is 14.1. The van der Waals surface area contributed by atoms with Crippen LogP contribution in [0.25, 0.3) is 12.2 Å². The van der Waals surface area contributed by atoms with Gasteiger partial charge in [0.25, 0.3) is 10.0 Å². The van der Waals surface area contributed by atoms with Crippen LogP contribution in [-0.2, 0) is 31.9 Å². The molecule has 5 rings (SSSR count). The lowest BCUT2D eigenvalue weighted by Crippen LogP contribution is -2.61. The predicted octanol–water partition coefficient (Wildman–Crippen LogP) is 7.20. The molecule has 3 aromatic carbocycles. The zero-order valence-electron chi connectivity index (χ0n) is 25.1. The Labute approximate surface area is 273 Å². The number of sulfonamides is 1. The number of rotatable bonds is 7. The second-order valence-electron chi connectivity index (χ2n) is 11.5. The fourth-order valence-electron chi connectivity index (χ4n) is 5.72. The molecule has 15 heteroatoms. The standard InChI is InChI=1S/C32H30ClF6N3O4S/c1-20(2)46-30(43)19-40-13-14-41-23(17-40)18-42(47(44,45)24-6-3-5-22(16-24)31(34,35)36)29-15-21(10-12-28(29)41)9-11-25-26(32(37,38)39)7-4-8-27(25)33/h3-12,15-16,20,23H,13-14,17-19H2,1-2H3/b11-9+/t23-/m0/s1. The first-order chi connectivity index (χ1) is 21.9. The van der Waals surface area contributed by atoms with E-state index in [4.69, 9.17) is 16.3 Å². The zero-order chi connectivity index (χ0) is 34.3. The number of nitrogens with zero attached hydrogens (tertiary/aromatic N) is 3. The Bertz CT molecular complexity index is 1800. The van der Waals surface area contributed by atoms with Crippen molar-refractivity contribution in [1.82, 2.24) is 4.90 Å². The lowest BCUT2D eigenvalue weighted by atomic mass is 10.0. The van der Waals surface area contributed by atoms with Gasteiger partial charge >= 0.3 is 18.3 Å². The van der Waals surface area contributed by atoms with Crippen molar-refractivity contribution in [2.75, 3.05) is 41.9 Å². The lowest BCUT2D eigenvalue weighted by Gasteiger charge is -2.49. The Morgan fingerprint density at radius 2 is 1.66 bits per heavy atom. The lowest BCUT2D eigenvalue weighted by molar-refractivity contribution is -0.149. The van der Waals surface area contributed by atoms with Crippen LogP contribution >= 0.6 is 11.6 Å². The molecule has 3 aromatic rings. The van der Waals surface area contributed by atoms with Gasteiger partial charge in [-0.15, -0.1) is 0 Å². The number of carbonyl (C=O) groups is 1. The molecule has 0 unspecified atom stereocenters. The first-order valence-corrected chi connectivity index (χ1v) is 16.3. The van der Waals surface area contributed by atoms with Crippen LogP contribution in [0.2, 0.25) is 5.02 Å². The molecule has 0 spiro atoms. The van der Waals surface area contributed by atoms with E-state index < -0.39 is 50.4 Å². The van der Waals surface area contributed by atoms with Crippen molar-refractivity contribution in [3.05, 3.63) is 87.9 Å². The van der Waals surface area contributed by atoms with Gasteiger partial charge in [0.15, 0.2) is 0 Å². The zero-order valence-corrected chi connectivity index (χ0v) is 26.7. The van der Waals surface area contributed by atoms with Gasteiger partial charge in [0, 0.05) is 30.2 Å². The van der Waals surface area contributed by atoms with E-state index in [-0.39, 0.29) is 42.0 Å². The van der Waals surface area contributed by atoms with Crippen LogP contribution in [0, 0.1) is 0 Å². The monoisotopic (exact) mass is 701 g/mol. The van der Waals surface area contributed by atoms with Crippen molar-refractivity contribution < 1.29 is 44.3 Å². The third-order valence-electron chi connectivity index (χ3n) is 7.79. The van der Waals surface area contributed by atoms with Gasteiger partial charge in [0.1, 0.15) is 0 Å². The fourth-order valence-corrected chi connectivity index (χ4v) is 7.51. The number of ether oxygens (including phenoxy) is 1. The molecule has 1 atom stereocenters. The molecule has 0 saturated carbocycles. The van der Waals surface area contributed by atoms with Crippen molar-refractivity contribution in [3.8, 4) is 0 Å². The van der Waals surface area contributed by atoms with E-state index in [1.54, 1.807) is 26.0 Å². The molecule has 1 fully saturated rings. The van der Waals surface area contributed by atoms with Crippen molar-refractivity contribution >= 4 is 51.1 Å². The second-order valence-corrected chi connectivity index (χ2v) is 13.7. The SMILES string of the molecule is CC(C)OC(=O)CN1CCN2c3ccc(/C=C/c4c(Cl)cccc4C(F)(F)F)cc3N(S(=O)(=O)c3cccc(C(F)(F)F)c3)C[C@@H]2C1. The van der Waals surface area contributed by atoms with Crippen LogP contribution in [0.1, 0.15) is 36.1 Å². The van der Waals surface area contributed by atoms with Crippen molar-refractivity contribution in [3.63, 3.8) is 0 Å². The molecule has 0 amide bonds. The van der Waals surface area contributed by atoms with Crippen LogP contribution in [-0.4, -0.2) is 64.2 Å². The summed E-state index contributed by atoms with van der Waals surface area (Å²) in [5, 5.41) is -0.138. The van der Waals surface area contributed by atoms with Gasteiger partial charge in [-0.2, -0.15) is 26.3 Å². The fraction of sp³-hybridized carbons (Fsp3) is 0.344. The predicted molar refractivity (Wildman–Crippen MR) is 167 cm³/mol. The second kappa shape index (κ2) is 13.0. The highest BCUT2D eigenvalue weighted by molar-refractivity contribution is 7.92. The summed E-state index contributed by atoms with van der Waals surface area (Å²) in [5.74, 6) is -0.443. The minimum Gasteiger partial charge on any atom is -0.462 e. The average Bonchev–Trinajstić information content (AvgIpc) is 2.98. The van der Waals surface area contributed by atoms with E-state index in [2.05, 4.69) is 0 Å². The van der Waals surface area contributed by atoms with Gasteiger partial charge in [0.05, 0.1) is 52.6 Å². The van der Waals surface area contributed by atoms with Crippen molar-refractivity contribution in [2.24, 2.45) is 0 Å². The Hall–Kier alpha value is -3.75. The van der Waals surface area contributed by atoms with E-state index in [9.17, 15) is 39.6 Å². The molecule has 47 heavy (non-hydrogen) atoms. The first-order valence-electron chi connectivity index (χ1n) is 14.5. The van der Waals surface area contributed by atoms with Crippen LogP contribution in [0.4, 0.5) is 37.7 Å². The molecule has 0 radical (unpaired) electrons. The van der Waals surface area contributed by atoms with Gasteiger partial charge in [-0.3, -0.25) is 14.0 Å². The molecule has 1 saturated heterocycles. The number of hydrogen-bond acceptors (Lipinski definition) is 6. The van der Waals surface area contributed by atoms with Gasteiger partial charge in [0.2, 0.25) is 0 Å². The summed E-state index contributed by atoms with van der Waals surface area (Å²) in [6.07, 6.45) is -7.25. The normalized spacial score (nSPS) is 17.6. The molecule has 2 heterocycles. The van der Waals surface area contributed by atoms with Gasteiger partial charge in [-0.25, -0.2) is 8.42 Å². The number of anilines is 2. The quantitative estimate of drug-likeness (QED) is 0.148. The maximum atomic E-state index is 14.1.